The van der Waals surface area contributed by atoms with Crippen LogP contribution in [-0.4, -0.2) is 45.5 Å². The van der Waals surface area contributed by atoms with Gasteiger partial charge in [0.1, 0.15) is 23.6 Å². The summed E-state index contributed by atoms with van der Waals surface area (Å²) in [5.74, 6) is 0.802. The zero-order valence-corrected chi connectivity index (χ0v) is 19.0. The van der Waals surface area contributed by atoms with Crippen molar-refractivity contribution in [1.82, 2.24) is 25.3 Å². The zero-order valence-electron chi connectivity index (χ0n) is 19.0. The van der Waals surface area contributed by atoms with E-state index in [1.54, 1.807) is 19.3 Å². The van der Waals surface area contributed by atoms with Crippen molar-refractivity contribution >= 4 is 22.8 Å². The number of anilines is 1. The van der Waals surface area contributed by atoms with Gasteiger partial charge in [0.05, 0.1) is 11.6 Å². The first kappa shape index (κ1) is 22.2. The molecule has 0 bridgehead atoms. The number of aromatic amines is 1. The van der Waals surface area contributed by atoms with Crippen molar-refractivity contribution in [2.24, 2.45) is 11.3 Å². The van der Waals surface area contributed by atoms with Gasteiger partial charge >= 0.3 is 0 Å². The highest BCUT2D eigenvalue weighted by Crippen LogP contribution is 2.56. The van der Waals surface area contributed by atoms with Gasteiger partial charge in [0.25, 0.3) is 0 Å². The largest absolute Gasteiger partial charge is 0.355 e. The van der Waals surface area contributed by atoms with Crippen molar-refractivity contribution in [3.05, 3.63) is 47.9 Å². The van der Waals surface area contributed by atoms with Gasteiger partial charge in [-0.1, -0.05) is 13.8 Å². The van der Waals surface area contributed by atoms with Crippen LogP contribution in [0.15, 0.2) is 30.9 Å². The first-order valence-corrected chi connectivity index (χ1v) is 11.5. The van der Waals surface area contributed by atoms with Crippen LogP contribution in [0.1, 0.15) is 44.4 Å². The average Bonchev–Trinajstić information content (AvgIpc) is 3.38. The van der Waals surface area contributed by atoms with Gasteiger partial charge in [-0.25, -0.2) is 14.4 Å². The van der Waals surface area contributed by atoms with Gasteiger partial charge in [0.2, 0.25) is 5.91 Å². The summed E-state index contributed by atoms with van der Waals surface area (Å²) in [6.45, 7) is 7.89. The molecule has 4 heterocycles. The highest BCUT2D eigenvalue weighted by molar-refractivity contribution is 5.87. The second-order valence-electron chi connectivity index (χ2n) is 8.53. The summed E-state index contributed by atoms with van der Waals surface area (Å²) in [5, 5.41) is 4.12. The van der Waals surface area contributed by atoms with Gasteiger partial charge in [-0.2, -0.15) is 0 Å². The fraction of sp³-hybridized carbons (Fsp3) is 0.500. The Morgan fingerprint density at radius 2 is 2.12 bits per heavy atom. The lowest BCUT2D eigenvalue weighted by atomic mass is 9.81. The van der Waals surface area contributed by atoms with E-state index in [-0.39, 0.29) is 23.1 Å². The van der Waals surface area contributed by atoms with Crippen LogP contribution in [0.5, 0.6) is 0 Å². The number of aromatic nitrogens is 4. The number of hydrogen-bond acceptors (Lipinski definition) is 5. The van der Waals surface area contributed by atoms with E-state index < -0.39 is 0 Å². The molecule has 1 atom stereocenters. The predicted molar refractivity (Wildman–Crippen MR) is 123 cm³/mol. The van der Waals surface area contributed by atoms with Gasteiger partial charge in [0, 0.05) is 43.9 Å². The number of hydrogen-bond donors (Lipinski definition) is 2. The Hall–Kier alpha value is -3.03. The first-order valence-electron chi connectivity index (χ1n) is 11.5. The molecule has 2 aliphatic rings. The fourth-order valence-electron chi connectivity index (χ4n) is 4.70. The normalized spacial score (nSPS) is 18.9. The van der Waals surface area contributed by atoms with E-state index in [9.17, 15) is 9.18 Å². The van der Waals surface area contributed by atoms with E-state index in [0.717, 1.165) is 54.9 Å². The lowest BCUT2D eigenvalue weighted by Crippen LogP contribution is -2.48. The molecule has 1 unspecified atom stereocenters. The van der Waals surface area contributed by atoms with Crippen molar-refractivity contribution < 1.29 is 9.18 Å². The van der Waals surface area contributed by atoms with E-state index in [1.165, 1.54) is 6.20 Å². The number of rotatable bonds is 5. The van der Waals surface area contributed by atoms with E-state index in [4.69, 9.17) is 0 Å². The number of aryl methyl sites for hydroxylation is 1. The molecule has 1 spiro atoms. The van der Waals surface area contributed by atoms with Crippen LogP contribution < -0.4 is 10.2 Å². The van der Waals surface area contributed by atoms with Crippen LogP contribution in [0.4, 0.5) is 10.2 Å². The van der Waals surface area contributed by atoms with E-state index in [0.29, 0.717) is 18.5 Å². The average molecular weight is 439 g/mol. The third-order valence-corrected chi connectivity index (χ3v) is 6.56. The predicted octanol–water partition coefficient (Wildman–Crippen LogP) is 3.79. The molecule has 2 N–H and O–H groups in total. The third-order valence-electron chi connectivity index (χ3n) is 6.56. The molecule has 32 heavy (non-hydrogen) atoms. The molecule has 3 aromatic heterocycles. The van der Waals surface area contributed by atoms with Crippen molar-refractivity contribution in [2.45, 2.75) is 46.5 Å². The fourth-order valence-corrected chi connectivity index (χ4v) is 4.70. The molecule has 8 heteroatoms. The summed E-state index contributed by atoms with van der Waals surface area (Å²) < 4.78 is 13.4. The number of carbonyl (C=O) groups excluding carboxylic acids is 1. The smallest absolute Gasteiger partial charge is 0.223 e. The van der Waals surface area contributed by atoms with Gasteiger partial charge in [0.15, 0.2) is 0 Å². The Balaban J connectivity index is 0.00000119. The van der Waals surface area contributed by atoms with E-state index in [2.05, 4.69) is 30.2 Å². The molecule has 3 aromatic rings. The second-order valence-corrected chi connectivity index (χ2v) is 8.53. The van der Waals surface area contributed by atoms with Gasteiger partial charge in [-0.05, 0) is 49.3 Å². The Labute approximate surface area is 187 Å². The lowest BCUT2D eigenvalue weighted by Gasteiger charge is -2.39. The quantitative estimate of drug-likeness (QED) is 0.633. The molecule has 1 aliphatic carbocycles. The van der Waals surface area contributed by atoms with Crippen molar-refractivity contribution in [2.75, 3.05) is 24.5 Å². The molecule has 0 aromatic carbocycles. The molecule has 170 valence electrons. The van der Waals surface area contributed by atoms with Gasteiger partial charge in [-0.15, -0.1) is 0 Å². The molecule has 1 amide bonds. The summed E-state index contributed by atoms with van der Waals surface area (Å²) in [6, 6.07) is 3.75. The maximum atomic E-state index is 13.4. The van der Waals surface area contributed by atoms with Crippen molar-refractivity contribution in [3.8, 4) is 0 Å². The molecular weight excluding hydrogens is 407 g/mol. The topological polar surface area (TPSA) is 86.8 Å². The molecule has 5 rings (SSSR count). The first-order chi connectivity index (χ1) is 15.6. The highest BCUT2D eigenvalue weighted by Gasteiger charge is 2.55. The van der Waals surface area contributed by atoms with Crippen LogP contribution >= 0.6 is 0 Å². The summed E-state index contributed by atoms with van der Waals surface area (Å²) in [6.07, 6.45) is 8.28. The summed E-state index contributed by atoms with van der Waals surface area (Å²) in [4.78, 5) is 31.3. The monoisotopic (exact) mass is 438 g/mol. The summed E-state index contributed by atoms with van der Waals surface area (Å²) in [7, 11) is 0. The van der Waals surface area contributed by atoms with Gasteiger partial charge < -0.3 is 15.2 Å². The van der Waals surface area contributed by atoms with Crippen molar-refractivity contribution in [3.63, 3.8) is 0 Å². The molecule has 1 saturated carbocycles. The van der Waals surface area contributed by atoms with Crippen LogP contribution in [-0.2, 0) is 11.2 Å². The standard InChI is InChI=1S/C22H25FN6O.C2H6/c1-14-10-15(26-11-18(14)23)2-7-25-21(30)17-4-9-29(12-22(17)5-6-22)20-16-3-8-24-19(16)27-13-28-20;1-2/h3,8,10-11,13,17H,2,4-7,9,12H2,1H3,(H,25,30)(H,24,27,28);1-2H3. The molecule has 0 radical (unpaired) electrons. The third kappa shape index (κ3) is 4.31. The van der Waals surface area contributed by atoms with Crippen LogP contribution in [0, 0.1) is 24.1 Å². The Bertz CT molecular complexity index is 1090. The van der Waals surface area contributed by atoms with Crippen LogP contribution in [0.3, 0.4) is 0 Å². The number of halogens is 1. The Morgan fingerprint density at radius 1 is 1.31 bits per heavy atom. The number of piperidine rings is 1. The van der Waals surface area contributed by atoms with E-state index >= 15 is 0 Å². The number of amides is 1. The number of nitrogens with one attached hydrogen (secondary N) is 2. The SMILES string of the molecule is CC.Cc1cc(CCNC(=O)C2CCN(c3ncnc4[nH]ccc34)CC23CC3)ncc1F. The number of fused-ring (bicyclic) bond motifs is 1. The molecule has 1 saturated heterocycles. The van der Waals surface area contributed by atoms with Crippen LogP contribution in [0.2, 0.25) is 0 Å². The maximum Gasteiger partial charge on any atom is 0.223 e. The van der Waals surface area contributed by atoms with E-state index in [1.807, 2.05) is 26.1 Å². The zero-order chi connectivity index (χ0) is 22.7. The molecule has 7 nitrogen and oxygen atoms in total. The maximum absolute atomic E-state index is 13.4. The minimum atomic E-state index is -0.300. The molecular formula is C24H31FN6O. The molecule has 1 aliphatic heterocycles. The Morgan fingerprint density at radius 3 is 2.88 bits per heavy atom. The number of pyridine rings is 1. The minimum absolute atomic E-state index is 0.0280. The number of H-pyrrole nitrogens is 1. The van der Waals surface area contributed by atoms with Crippen LogP contribution in [0.25, 0.3) is 11.0 Å². The second kappa shape index (κ2) is 9.22. The summed E-state index contributed by atoms with van der Waals surface area (Å²) >= 11 is 0. The minimum Gasteiger partial charge on any atom is -0.355 e. The lowest BCUT2D eigenvalue weighted by molar-refractivity contribution is -0.127. The highest BCUT2D eigenvalue weighted by atomic mass is 19.1. The molecule has 2 fully saturated rings. The van der Waals surface area contributed by atoms with Gasteiger partial charge in [-0.3, -0.25) is 9.78 Å². The number of carbonyl (C=O) groups is 1. The summed E-state index contributed by atoms with van der Waals surface area (Å²) in [5.41, 5.74) is 2.26. The van der Waals surface area contributed by atoms with Crippen molar-refractivity contribution in [1.29, 1.82) is 0 Å². The number of nitrogens with zero attached hydrogens (tertiary/aromatic N) is 4. The Kier molecular flexibility index (Phi) is 6.39.